The maximum Gasteiger partial charge on any atom is 0.255 e. The number of nitrogens with one attached hydrogen (secondary N) is 2. The zero-order valence-electron chi connectivity index (χ0n) is 18.1. The Morgan fingerprint density at radius 3 is 2.76 bits per heavy atom. The third-order valence-corrected chi connectivity index (χ3v) is 5.98. The van der Waals surface area contributed by atoms with Gasteiger partial charge in [-0.15, -0.1) is 5.10 Å². The average Bonchev–Trinajstić information content (AvgIpc) is 3.51. The Morgan fingerprint density at radius 1 is 1.18 bits per heavy atom. The van der Waals surface area contributed by atoms with E-state index in [1.165, 1.54) is 11.8 Å². The SMILES string of the molecule is COc1ccccc1NC(=O)c1ccc(NC(=O)CSc2nnnn2C[C@H]2CCCO2)cc1. The van der Waals surface area contributed by atoms with Crippen molar-refractivity contribution < 1.29 is 19.1 Å². The number of thioether (sulfide) groups is 1. The van der Waals surface area contributed by atoms with Crippen LogP contribution in [0.25, 0.3) is 0 Å². The summed E-state index contributed by atoms with van der Waals surface area (Å²) in [5, 5.41) is 17.9. The van der Waals surface area contributed by atoms with Gasteiger partial charge in [0.1, 0.15) is 5.75 Å². The van der Waals surface area contributed by atoms with E-state index in [0.717, 1.165) is 19.4 Å². The highest BCUT2D eigenvalue weighted by atomic mass is 32.2. The van der Waals surface area contributed by atoms with Crippen LogP contribution < -0.4 is 15.4 Å². The monoisotopic (exact) mass is 468 g/mol. The summed E-state index contributed by atoms with van der Waals surface area (Å²) in [6, 6.07) is 13.8. The highest BCUT2D eigenvalue weighted by Crippen LogP contribution is 2.24. The largest absolute Gasteiger partial charge is 0.495 e. The van der Waals surface area contributed by atoms with E-state index in [1.807, 2.05) is 12.1 Å². The number of carbonyl (C=O) groups is 2. The first-order chi connectivity index (χ1) is 16.1. The van der Waals surface area contributed by atoms with Gasteiger partial charge < -0.3 is 20.1 Å². The summed E-state index contributed by atoms with van der Waals surface area (Å²) < 4.78 is 12.5. The topological polar surface area (TPSA) is 120 Å². The summed E-state index contributed by atoms with van der Waals surface area (Å²) in [6.45, 7) is 1.34. The quantitative estimate of drug-likeness (QED) is 0.460. The second-order valence-electron chi connectivity index (χ2n) is 7.35. The molecule has 2 heterocycles. The summed E-state index contributed by atoms with van der Waals surface area (Å²) in [5.74, 6) is 0.264. The predicted molar refractivity (Wildman–Crippen MR) is 124 cm³/mol. The molecule has 1 aromatic heterocycles. The number of benzene rings is 2. The lowest BCUT2D eigenvalue weighted by molar-refractivity contribution is -0.113. The highest BCUT2D eigenvalue weighted by molar-refractivity contribution is 7.99. The van der Waals surface area contributed by atoms with E-state index in [-0.39, 0.29) is 23.7 Å². The van der Waals surface area contributed by atoms with Gasteiger partial charge in [0.2, 0.25) is 11.1 Å². The Bertz CT molecular complexity index is 1100. The molecule has 172 valence electrons. The van der Waals surface area contributed by atoms with Gasteiger partial charge in [0, 0.05) is 17.9 Å². The van der Waals surface area contributed by atoms with Gasteiger partial charge in [0.05, 0.1) is 31.2 Å². The molecule has 2 amide bonds. The maximum absolute atomic E-state index is 12.5. The molecule has 0 spiro atoms. The van der Waals surface area contributed by atoms with E-state index in [1.54, 1.807) is 48.2 Å². The molecular weight excluding hydrogens is 444 g/mol. The number of aromatic nitrogens is 4. The summed E-state index contributed by atoms with van der Waals surface area (Å²) >= 11 is 1.26. The van der Waals surface area contributed by atoms with E-state index < -0.39 is 0 Å². The van der Waals surface area contributed by atoms with Crippen LogP contribution in [0.4, 0.5) is 11.4 Å². The normalized spacial score (nSPS) is 15.2. The van der Waals surface area contributed by atoms with Crippen molar-refractivity contribution in [3.8, 4) is 5.75 Å². The standard InChI is InChI=1S/C22H24N6O4S/c1-31-19-7-3-2-6-18(19)24-21(30)15-8-10-16(11-9-15)23-20(29)14-33-22-25-26-27-28(22)13-17-5-4-12-32-17/h2-3,6-11,17H,4-5,12-14H2,1H3,(H,23,29)(H,24,30)/t17-/m1/s1. The van der Waals surface area contributed by atoms with Crippen molar-refractivity contribution in [3.63, 3.8) is 0 Å². The third kappa shape index (κ3) is 6.08. The van der Waals surface area contributed by atoms with Crippen molar-refractivity contribution >= 4 is 35.0 Å². The minimum atomic E-state index is -0.272. The maximum atomic E-state index is 12.5. The minimum absolute atomic E-state index is 0.111. The molecule has 3 aromatic rings. The van der Waals surface area contributed by atoms with Crippen LogP contribution in [0.5, 0.6) is 5.75 Å². The zero-order valence-corrected chi connectivity index (χ0v) is 18.9. The van der Waals surface area contributed by atoms with E-state index in [4.69, 9.17) is 9.47 Å². The number of ether oxygens (including phenoxy) is 2. The molecule has 2 aromatic carbocycles. The fraction of sp³-hybridized carbons (Fsp3) is 0.318. The molecule has 33 heavy (non-hydrogen) atoms. The highest BCUT2D eigenvalue weighted by Gasteiger charge is 2.19. The fourth-order valence-electron chi connectivity index (χ4n) is 3.37. The van der Waals surface area contributed by atoms with Gasteiger partial charge >= 0.3 is 0 Å². The molecule has 11 heteroatoms. The Kier molecular flexibility index (Phi) is 7.53. The van der Waals surface area contributed by atoms with Crippen molar-refractivity contribution in [2.45, 2.75) is 30.6 Å². The summed E-state index contributed by atoms with van der Waals surface area (Å²) in [6.07, 6.45) is 2.14. The molecular formula is C22H24N6O4S. The molecule has 1 aliphatic rings. The Labute approximate surface area is 195 Å². The fourth-order valence-corrected chi connectivity index (χ4v) is 4.06. The molecule has 0 saturated carbocycles. The average molecular weight is 469 g/mol. The summed E-state index contributed by atoms with van der Waals surface area (Å²) in [5.41, 5.74) is 1.64. The number of para-hydroxylation sites is 2. The Morgan fingerprint density at radius 2 is 2.00 bits per heavy atom. The first kappa shape index (κ1) is 22.7. The number of tetrazole rings is 1. The number of hydrogen-bond acceptors (Lipinski definition) is 8. The van der Waals surface area contributed by atoms with E-state index in [0.29, 0.717) is 34.4 Å². The minimum Gasteiger partial charge on any atom is -0.495 e. The van der Waals surface area contributed by atoms with E-state index in [2.05, 4.69) is 26.2 Å². The van der Waals surface area contributed by atoms with Gasteiger partial charge in [-0.2, -0.15) is 0 Å². The lowest BCUT2D eigenvalue weighted by atomic mass is 10.2. The zero-order chi connectivity index (χ0) is 23.0. The number of carbonyl (C=O) groups excluding carboxylic acids is 2. The van der Waals surface area contributed by atoms with Crippen LogP contribution in [0, 0.1) is 0 Å². The molecule has 2 N–H and O–H groups in total. The molecule has 4 rings (SSSR count). The number of rotatable bonds is 9. The van der Waals surface area contributed by atoms with Crippen LogP contribution in [-0.2, 0) is 16.1 Å². The Hall–Kier alpha value is -3.44. The number of amides is 2. The number of hydrogen-bond donors (Lipinski definition) is 2. The molecule has 0 aliphatic carbocycles. The van der Waals surface area contributed by atoms with Gasteiger partial charge in [0.15, 0.2) is 0 Å². The first-order valence-electron chi connectivity index (χ1n) is 10.5. The molecule has 1 aliphatic heterocycles. The lowest BCUT2D eigenvalue weighted by Crippen LogP contribution is -2.18. The third-order valence-electron chi connectivity index (χ3n) is 5.02. The van der Waals surface area contributed by atoms with E-state index in [9.17, 15) is 9.59 Å². The van der Waals surface area contributed by atoms with Crippen molar-refractivity contribution in [1.29, 1.82) is 0 Å². The molecule has 0 radical (unpaired) electrons. The second kappa shape index (κ2) is 10.9. The van der Waals surface area contributed by atoms with Crippen molar-refractivity contribution in [2.24, 2.45) is 0 Å². The van der Waals surface area contributed by atoms with Gasteiger partial charge in [-0.25, -0.2) is 4.68 Å². The summed E-state index contributed by atoms with van der Waals surface area (Å²) in [4.78, 5) is 24.9. The van der Waals surface area contributed by atoms with Gasteiger partial charge in [-0.05, 0) is 59.7 Å². The van der Waals surface area contributed by atoms with E-state index >= 15 is 0 Å². The summed E-state index contributed by atoms with van der Waals surface area (Å²) in [7, 11) is 1.55. The number of nitrogens with zero attached hydrogens (tertiary/aromatic N) is 4. The molecule has 1 saturated heterocycles. The van der Waals surface area contributed by atoms with Gasteiger partial charge in [-0.1, -0.05) is 23.9 Å². The van der Waals surface area contributed by atoms with Gasteiger partial charge in [-0.3, -0.25) is 9.59 Å². The van der Waals surface area contributed by atoms with Crippen molar-refractivity contribution in [2.75, 3.05) is 30.1 Å². The Balaban J connectivity index is 1.28. The number of anilines is 2. The smallest absolute Gasteiger partial charge is 0.255 e. The molecule has 1 atom stereocenters. The molecule has 1 fully saturated rings. The van der Waals surface area contributed by atoms with Crippen LogP contribution in [0.15, 0.2) is 53.7 Å². The predicted octanol–water partition coefficient (Wildman–Crippen LogP) is 2.84. The van der Waals surface area contributed by atoms with Crippen LogP contribution in [0.3, 0.4) is 0 Å². The molecule has 0 bridgehead atoms. The van der Waals surface area contributed by atoms with Crippen LogP contribution >= 0.6 is 11.8 Å². The van der Waals surface area contributed by atoms with Crippen LogP contribution in [0.1, 0.15) is 23.2 Å². The van der Waals surface area contributed by atoms with Crippen LogP contribution in [0.2, 0.25) is 0 Å². The van der Waals surface area contributed by atoms with Crippen LogP contribution in [-0.4, -0.2) is 57.6 Å². The molecule has 10 nitrogen and oxygen atoms in total. The number of methoxy groups -OCH3 is 1. The van der Waals surface area contributed by atoms with Gasteiger partial charge in [0.25, 0.3) is 5.91 Å². The lowest BCUT2D eigenvalue weighted by Gasteiger charge is -2.11. The molecule has 0 unspecified atom stereocenters. The second-order valence-corrected chi connectivity index (χ2v) is 8.29. The van der Waals surface area contributed by atoms with Crippen molar-refractivity contribution in [3.05, 3.63) is 54.1 Å². The first-order valence-corrected chi connectivity index (χ1v) is 11.5. The van der Waals surface area contributed by atoms with Crippen molar-refractivity contribution in [1.82, 2.24) is 20.2 Å².